The maximum atomic E-state index is 9.29. The van der Waals surface area contributed by atoms with E-state index in [0.29, 0.717) is 17.8 Å². The number of phenolic OH excluding ortho intramolecular Hbond substituents is 1. The third-order valence-electron chi connectivity index (χ3n) is 3.59. The zero-order valence-electron chi connectivity index (χ0n) is 12.4. The minimum absolute atomic E-state index is 0.322. The highest BCUT2D eigenvalue weighted by Crippen LogP contribution is 2.16. The van der Waals surface area contributed by atoms with Crippen LogP contribution in [-0.2, 0) is 6.42 Å². The summed E-state index contributed by atoms with van der Waals surface area (Å²) in [5, 5.41) is 12.9. The van der Waals surface area contributed by atoms with Crippen LogP contribution in [0.2, 0.25) is 0 Å². The van der Waals surface area contributed by atoms with Crippen LogP contribution in [0.15, 0.2) is 48.5 Å². The zero-order chi connectivity index (χ0) is 14.5. The fraction of sp³-hybridized carbons (Fsp3) is 0.333. The smallest absolute Gasteiger partial charge is 0.115 e. The Bertz CT molecular complexity index is 530. The summed E-state index contributed by atoms with van der Waals surface area (Å²) in [7, 11) is 0. The minimum atomic E-state index is 0.322. The van der Waals surface area contributed by atoms with Crippen LogP contribution < -0.4 is 5.32 Å². The third-order valence-corrected chi connectivity index (χ3v) is 3.59. The quantitative estimate of drug-likeness (QED) is 0.860. The zero-order valence-corrected chi connectivity index (χ0v) is 12.4. The average molecular weight is 269 g/mol. The molecule has 2 aromatic carbocycles. The molecule has 2 N–H and O–H groups in total. The van der Waals surface area contributed by atoms with Gasteiger partial charge in [-0.15, -0.1) is 0 Å². The Morgan fingerprint density at radius 2 is 1.55 bits per heavy atom. The highest BCUT2D eigenvalue weighted by atomic mass is 16.3. The van der Waals surface area contributed by atoms with Crippen molar-refractivity contribution in [2.75, 3.05) is 0 Å². The number of phenols is 1. The summed E-state index contributed by atoms with van der Waals surface area (Å²) < 4.78 is 0. The molecule has 0 amide bonds. The van der Waals surface area contributed by atoms with Gasteiger partial charge in [-0.3, -0.25) is 0 Å². The largest absolute Gasteiger partial charge is 0.508 e. The number of aryl methyl sites for hydroxylation is 1. The van der Waals surface area contributed by atoms with Crippen LogP contribution >= 0.6 is 0 Å². The van der Waals surface area contributed by atoms with Gasteiger partial charge in [0.15, 0.2) is 0 Å². The highest BCUT2D eigenvalue weighted by Gasteiger charge is 2.10. The first-order chi connectivity index (χ1) is 9.54. The molecule has 2 unspecified atom stereocenters. The van der Waals surface area contributed by atoms with E-state index in [1.807, 2.05) is 12.1 Å². The molecule has 20 heavy (non-hydrogen) atoms. The second kappa shape index (κ2) is 6.58. The first-order valence-corrected chi connectivity index (χ1v) is 7.15. The van der Waals surface area contributed by atoms with Crippen molar-refractivity contribution in [1.82, 2.24) is 5.32 Å². The van der Waals surface area contributed by atoms with Crippen molar-refractivity contribution >= 4 is 0 Å². The van der Waals surface area contributed by atoms with E-state index in [4.69, 9.17) is 0 Å². The molecule has 2 heteroatoms. The first-order valence-electron chi connectivity index (χ1n) is 7.15. The molecule has 106 valence electrons. The maximum Gasteiger partial charge on any atom is 0.115 e. The SMILES string of the molecule is Cc1ccc(C(C)NC(C)Cc2ccc(O)cc2)cc1. The van der Waals surface area contributed by atoms with Crippen molar-refractivity contribution in [3.8, 4) is 5.75 Å². The standard InChI is InChI=1S/C18H23NO/c1-13-4-8-17(9-5-13)15(3)19-14(2)12-16-6-10-18(20)11-7-16/h4-11,14-15,19-20H,12H2,1-3H3. The van der Waals surface area contributed by atoms with E-state index in [-0.39, 0.29) is 0 Å². The van der Waals surface area contributed by atoms with Gasteiger partial charge in [-0.1, -0.05) is 42.0 Å². The summed E-state index contributed by atoms with van der Waals surface area (Å²) in [6.45, 7) is 6.49. The molecule has 0 bridgehead atoms. The molecule has 0 fully saturated rings. The van der Waals surface area contributed by atoms with Gasteiger partial charge in [0.2, 0.25) is 0 Å². The van der Waals surface area contributed by atoms with Gasteiger partial charge in [-0.2, -0.15) is 0 Å². The van der Waals surface area contributed by atoms with Gasteiger partial charge in [0.25, 0.3) is 0 Å². The monoisotopic (exact) mass is 269 g/mol. The second-order valence-corrected chi connectivity index (χ2v) is 5.57. The van der Waals surface area contributed by atoms with Crippen LogP contribution in [0.4, 0.5) is 0 Å². The Morgan fingerprint density at radius 1 is 0.950 bits per heavy atom. The molecule has 2 aromatic rings. The molecular formula is C18H23NO. The van der Waals surface area contributed by atoms with Crippen molar-refractivity contribution in [3.05, 3.63) is 65.2 Å². The van der Waals surface area contributed by atoms with Gasteiger partial charge in [0.05, 0.1) is 0 Å². The van der Waals surface area contributed by atoms with Crippen molar-refractivity contribution in [2.45, 2.75) is 39.3 Å². The fourth-order valence-electron chi connectivity index (χ4n) is 2.42. The lowest BCUT2D eigenvalue weighted by atomic mass is 10.0. The lowest BCUT2D eigenvalue weighted by molar-refractivity contribution is 0.470. The number of nitrogens with one attached hydrogen (secondary N) is 1. The topological polar surface area (TPSA) is 32.3 Å². The summed E-state index contributed by atoms with van der Waals surface area (Å²) in [5.74, 6) is 0.322. The number of aromatic hydroxyl groups is 1. The second-order valence-electron chi connectivity index (χ2n) is 5.57. The Morgan fingerprint density at radius 3 is 2.15 bits per heavy atom. The lowest BCUT2D eigenvalue weighted by Gasteiger charge is -2.20. The van der Waals surface area contributed by atoms with E-state index in [9.17, 15) is 5.11 Å². The van der Waals surface area contributed by atoms with Gasteiger partial charge in [-0.25, -0.2) is 0 Å². The average Bonchev–Trinajstić information content (AvgIpc) is 2.42. The van der Waals surface area contributed by atoms with Gasteiger partial charge in [0.1, 0.15) is 5.75 Å². The van der Waals surface area contributed by atoms with Gasteiger partial charge < -0.3 is 10.4 Å². The molecule has 0 aliphatic carbocycles. The predicted octanol–water partition coefficient (Wildman–Crippen LogP) is 3.98. The molecular weight excluding hydrogens is 246 g/mol. The van der Waals surface area contributed by atoms with Crippen molar-refractivity contribution in [2.24, 2.45) is 0 Å². The summed E-state index contributed by atoms with van der Waals surface area (Å²) in [5.41, 5.74) is 3.84. The summed E-state index contributed by atoms with van der Waals surface area (Å²) >= 11 is 0. The first kappa shape index (κ1) is 14.6. The molecule has 2 rings (SSSR count). The molecule has 0 saturated carbocycles. The summed E-state index contributed by atoms with van der Waals surface area (Å²) in [4.78, 5) is 0. The van der Waals surface area contributed by atoms with Crippen LogP contribution in [0.1, 0.15) is 36.6 Å². The van der Waals surface area contributed by atoms with E-state index >= 15 is 0 Å². The Labute approximate surface area is 121 Å². The van der Waals surface area contributed by atoms with Gasteiger partial charge >= 0.3 is 0 Å². The van der Waals surface area contributed by atoms with E-state index in [1.54, 1.807) is 12.1 Å². The maximum absolute atomic E-state index is 9.29. The fourth-order valence-corrected chi connectivity index (χ4v) is 2.42. The van der Waals surface area contributed by atoms with Crippen molar-refractivity contribution in [1.29, 1.82) is 0 Å². The molecule has 0 heterocycles. The normalized spacial score (nSPS) is 13.9. The molecule has 0 aliphatic rings. The summed E-state index contributed by atoms with van der Waals surface area (Å²) in [6.07, 6.45) is 0.955. The molecule has 0 aromatic heterocycles. The molecule has 0 aliphatic heterocycles. The Hall–Kier alpha value is -1.80. The number of hydrogen-bond acceptors (Lipinski definition) is 2. The number of benzene rings is 2. The predicted molar refractivity (Wildman–Crippen MR) is 84.0 cm³/mol. The number of hydrogen-bond donors (Lipinski definition) is 2. The molecule has 2 atom stereocenters. The number of rotatable bonds is 5. The highest BCUT2D eigenvalue weighted by molar-refractivity contribution is 5.27. The van der Waals surface area contributed by atoms with E-state index in [0.717, 1.165) is 6.42 Å². The van der Waals surface area contributed by atoms with Crippen LogP contribution in [0.5, 0.6) is 5.75 Å². The summed E-state index contributed by atoms with van der Waals surface area (Å²) in [6, 6.07) is 16.8. The van der Waals surface area contributed by atoms with E-state index in [2.05, 4.69) is 50.4 Å². The van der Waals surface area contributed by atoms with Crippen LogP contribution in [0.3, 0.4) is 0 Å². The molecule has 0 radical (unpaired) electrons. The molecule has 2 nitrogen and oxygen atoms in total. The van der Waals surface area contributed by atoms with Gasteiger partial charge in [0, 0.05) is 12.1 Å². The van der Waals surface area contributed by atoms with Crippen LogP contribution in [0, 0.1) is 6.92 Å². The Balaban J connectivity index is 1.92. The lowest BCUT2D eigenvalue weighted by Crippen LogP contribution is -2.30. The van der Waals surface area contributed by atoms with Gasteiger partial charge in [-0.05, 0) is 50.5 Å². The Kier molecular flexibility index (Phi) is 4.80. The minimum Gasteiger partial charge on any atom is -0.508 e. The van der Waals surface area contributed by atoms with E-state index in [1.165, 1.54) is 16.7 Å². The van der Waals surface area contributed by atoms with Crippen molar-refractivity contribution < 1.29 is 5.11 Å². The van der Waals surface area contributed by atoms with E-state index < -0.39 is 0 Å². The van der Waals surface area contributed by atoms with Crippen LogP contribution in [0.25, 0.3) is 0 Å². The van der Waals surface area contributed by atoms with Crippen LogP contribution in [-0.4, -0.2) is 11.1 Å². The molecule has 0 saturated heterocycles. The third kappa shape index (κ3) is 4.10. The molecule has 0 spiro atoms. The van der Waals surface area contributed by atoms with Crippen molar-refractivity contribution in [3.63, 3.8) is 0 Å².